The molecule has 1 aromatic rings. The van der Waals surface area contributed by atoms with Gasteiger partial charge in [0.15, 0.2) is 17.5 Å². The Balaban J connectivity index is 0.00000261. The van der Waals surface area contributed by atoms with Gasteiger partial charge in [0, 0.05) is 37.4 Å². The van der Waals surface area contributed by atoms with Crippen LogP contribution in [-0.2, 0) is 0 Å². The molecular weight excluding hydrogens is 455 g/mol. The first kappa shape index (κ1) is 22.1. The predicted octanol–water partition coefficient (Wildman–Crippen LogP) is 3.57. The van der Waals surface area contributed by atoms with Gasteiger partial charge in [0.25, 0.3) is 0 Å². The first-order valence-corrected chi connectivity index (χ1v) is 9.83. The highest BCUT2D eigenvalue weighted by atomic mass is 127. The van der Waals surface area contributed by atoms with Crippen molar-refractivity contribution < 1.29 is 9.47 Å². The van der Waals surface area contributed by atoms with Gasteiger partial charge >= 0.3 is 0 Å². The number of halogens is 1. The molecule has 0 aromatic heterocycles. The molecule has 1 saturated heterocycles. The summed E-state index contributed by atoms with van der Waals surface area (Å²) in [6.07, 6.45) is 4.04. The van der Waals surface area contributed by atoms with E-state index in [-0.39, 0.29) is 24.0 Å². The van der Waals surface area contributed by atoms with Crippen LogP contribution in [0.4, 0.5) is 5.69 Å². The standard InChI is InChI=1S/C20H32N4O2.HI/c1-4-21-20(22-13-15-10-11-24(14-15)17-7-8-17)23-16-6-9-18(25-3)19(12-16)26-5-2;/h6,9,12,15,17H,4-5,7-8,10-11,13-14H2,1-3H3,(H2,21,22,23);1H. The van der Waals surface area contributed by atoms with Gasteiger partial charge in [-0.15, -0.1) is 24.0 Å². The molecule has 0 amide bonds. The lowest BCUT2D eigenvalue weighted by Gasteiger charge is -2.16. The van der Waals surface area contributed by atoms with E-state index in [1.54, 1.807) is 7.11 Å². The third-order valence-electron chi connectivity index (χ3n) is 4.96. The zero-order chi connectivity index (χ0) is 18.4. The van der Waals surface area contributed by atoms with Crippen LogP contribution in [0.3, 0.4) is 0 Å². The van der Waals surface area contributed by atoms with E-state index in [0.29, 0.717) is 12.5 Å². The number of nitrogens with zero attached hydrogens (tertiary/aromatic N) is 2. The minimum Gasteiger partial charge on any atom is -0.493 e. The molecule has 1 unspecified atom stereocenters. The Bertz CT molecular complexity index is 622. The van der Waals surface area contributed by atoms with Gasteiger partial charge in [-0.3, -0.25) is 4.99 Å². The number of methoxy groups -OCH3 is 1. The van der Waals surface area contributed by atoms with Crippen LogP contribution in [0.1, 0.15) is 33.1 Å². The third kappa shape index (κ3) is 6.41. The highest BCUT2D eigenvalue weighted by Gasteiger charge is 2.34. The molecule has 27 heavy (non-hydrogen) atoms. The molecule has 0 bridgehead atoms. The number of nitrogens with one attached hydrogen (secondary N) is 2. The monoisotopic (exact) mass is 488 g/mol. The summed E-state index contributed by atoms with van der Waals surface area (Å²) >= 11 is 0. The topological polar surface area (TPSA) is 58.1 Å². The lowest BCUT2D eigenvalue weighted by molar-refractivity contribution is 0.311. The fraction of sp³-hybridized carbons (Fsp3) is 0.650. The SMILES string of the molecule is CCNC(=NCC1CCN(C2CC2)C1)Nc1ccc(OC)c(OCC)c1.I. The third-order valence-corrected chi connectivity index (χ3v) is 4.96. The number of anilines is 1. The Morgan fingerprint density at radius 3 is 2.70 bits per heavy atom. The van der Waals surface area contributed by atoms with E-state index < -0.39 is 0 Å². The highest BCUT2D eigenvalue weighted by molar-refractivity contribution is 14.0. The Morgan fingerprint density at radius 1 is 1.22 bits per heavy atom. The number of benzene rings is 1. The molecule has 0 spiro atoms. The van der Waals surface area contributed by atoms with Crippen molar-refractivity contribution in [1.29, 1.82) is 0 Å². The van der Waals surface area contributed by atoms with Crippen LogP contribution in [0.2, 0.25) is 0 Å². The zero-order valence-corrected chi connectivity index (χ0v) is 19.0. The van der Waals surface area contributed by atoms with Crippen LogP contribution in [0.15, 0.2) is 23.2 Å². The van der Waals surface area contributed by atoms with Crippen molar-refractivity contribution >= 4 is 35.6 Å². The molecule has 2 fully saturated rings. The predicted molar refractivity (Wildman–Crippen MR) is 122 cm³/mol. The van der Waals surface area contributed by atoms with Crippen LogP contribution in [0.25, 0.3) is 0 Å². The molecule has 1 atom stereocenters. The first-order valence-electron chi connectivity index (χ1n) is 9.83. The molecule has 6 nitrogen and oxygen atoms in total. The summed E-state index contributed by atoms with van der Waals surface area (Å²) in [5.74, 6) is 2.98. The van der Waals surface area contributed by atoms with E-state index in [1.165, 1.54) is 32.4 Å². The smallest absolute Gasteiger partial charge is 0.195 e. The van der Waals surface area contributed by atoms with E-state index in [4.69, 9.17) is 14.5 Å². The molecule has 1 aromatic carbocycles. The number of ether oxygens (including phenoxy) is 2. The lowest BCUT2D eigenvalue weighted by Crippen LogP contribution is -2.31. The lowest BCUT2D eigenvalue weighted by atomic mass is 10.1. The van der Waals surface area contributed by atoms with Crippen molar-refractivity contribution in [3.63, 3.8) is 0 Å². The Morgan fingerprint density at radius 2 is 2.04 bits per heavy atom. The summed E-state index contributed by atoms with van der Waals surface area (Å²) in [7, 11) is 1.66. The van der Waals surface area contributed by atoms with Gasteiger partial charge in [-0.25, -0.2) is 0 Å². The molecule has 1 aliphatic heterocycles. The van der Waals surface area contributed by atoms with Gasteiger partial charge < -0.3 is 25.0 Å². The summed E-state index contributed by atoms with van der Waals surface area (Å²) in [6, 6.07) is 6.73. The van der Waals surface area contributed by atoms with Gasteiger partial charge in [0.1, 0.15) is 0 Å². The minimum absolute atomic E-state index is 0. The van der Waals surface area contributed by atoms with Crippen LogP contribution in [0, 0.1) is 5.92 Å². The van der Waals surface area contributed by atoms with Gasteiger partial charge in [0.2, 0.25) is 0 Å². The Labute approximate surface area is 180 Å². The fourth-order valence-corrected chi connectivity index (χ4v) is 3.47. The largest absolute Gasteiger partial charge is 0.493 e. The first-order chi connectivity index (χ1) is 12.7. The van der Waals surface area contributed by atoms with Gasteiger partial charge in [0.05, 0.1) is 13.7 Å². The van der Waals surface area contributed by atoms with Crippen LogP contribution in [-0.4, -0.2) is 56.8 Å². The van der Waals surface area contributed by atoms with E-state index in [0.717, 1.165) is 42.3 Å². The van der Waals surface area contributed by atoms with E-state index in [1.807, 2.05) is 25.1 Å². The summed E-state index contributed by atoms with van der Waals surface area (Å²) in [5.41, 5.74) is 0.944. The molecule has 152 valence electrons. The number of aliphatic imine (C=N–C) groups is 1. The van der Waals surface area contributed by atoms with Crippen molar-refractivity contribution in [3.05, 3.63) is 18.2 Å². The van der Waals surface area contributed by atoms with E-state index in [9.17, 15) is 0 Å². The van der Waals surface area contributed by atoms with Crippen molar-refractivity contribution in [3.8, 4) is 11.5 Å². The van der Waals surface area contributed by atoms with Crippen molar-refractivity contribution in [2.24, 2.45) is 10.9 Å². The van der Waals surface area contributed by atoms with Crippen LogP contribution < -0.4 is 20.1 Å². The minimum atomic E-state index is 0. The second-order valence-corrected chi connectivity index (χ2v) is 7.02. The second kappa shape index (κ2) is 10.9. The van der Waals surface area contributed by atoms with E-state index in [2.05, 4.69) is 22.5 Å². The molecule has 7 heteroatoms. The molecule has 3 rings (SSSR count). The number of hydrogen-bond donors (Lipinski definition) is 2. The molecule has 1 heterocycles. The fourth-order valence-electron chi connectivity index (χ4n) is 3.47. The molecule has 2 N–H and O–H groups in total. The van der Waals surface area contributed by atoms with Gasteiger partial charge in [-0.1, -0.05) is 0 Å². The number of hydrogen-bond acceptors (Lipinski definition) is 4. The van der Waals surface area contributed by atoms with Gasteiger partial charge in [-0.05, 0) is 57.7 Å². The number of rotatable bonds is 8. The normalized spacial score (nSPS) is 20.1. The Hall–Kier alpha value is -1.22. The highest BCUT2D eigenvalue weighted by Crippen LogP contribution is 2.32. The summed E-state index contributed by atoms with van der Waals surface area (Å²) in [5, 5.41) is 6.72. The van der Waals surface area contributed by atoms with Crippen LogP contribution in [0.5, 0.6) is 11.5 Å². The van der Waals surface area contributed by atoms with Crippen LogP contribution >= 0.6 is 24.0 Å². The van der Waals surface area contributed by atoms with Gasteiger partial charge in [-0.2, -0.15) is 0 Å². The molecular formula is C20H33IN4O2. The van der Waals surface area contributed by atoms with Crippen molar-refractivity contribution in [2.75, 3.05) is 45.2 Å². The molecule has 2 aliphatic rings. The maximum Gasteiger partial charge on any atom is 0.195 e. The molecule has 1 saturated carbocycles. The summed E-state index contributed by atoms with van der Waals surface area (Å²) in [6.45, 7) is 8.80. The van der Waals surface area contributed by atoms with Crippen molar-refractivity contribution in [2.45, 2.75) is 39.2 Å². The van der Waals surface area contributed by atoms with Crippen molar-refractivity contribution in [1.82, 2.24) is 10.2 Å². The Kier molecular flexibility index (Phi) is 8.95. The average molecular weight is 488 g/mol. The molecule has 0 radical (unpaired) electrons. The maximum absolute atomic E-state index is 5.66. The number of likely N-dealkylation sites (tertiary alicyclic amines) is 1. The summed E-state index contributed by atoms with van der Waals surface area (Å²) in [4.78, 5) is 7.46. The second-order valence-electron chi connectivity index (χ2n) is 7.02. The molecule has 1 aliphatic carbocycles. The number of guanidine groups is 1. The zero-order valence-electron chi connectivity index (χ0n) is 16.7. The quantitative estimate of drug-likeness (QED) is 0.333. The average Bonchev–Trinajstić information content (AvgIpc) is 3.39. The van der Waals surface area contributed by atoms with E-state index >= 15 is 0 Å². The maximum atomic E-state index is 5.66. The summed E-state index contributed by atoms with van der Waals surface area (Å²) < 4.78 is 11.0.